The Morgan fingerprint density at radius 3 is 2.59 bits per heavy atom. The van der Waals surface area contributed by atoms with Crippen LogP contribution in [0.5, 0.6) is 5.75 Å². The van der Waals surface area contributed by atoms with E-state index in [0.29, 0.717) is 23.3 Å². The maximum absolute atomic E-state index is 12.9. The van der Waals surface area contributed by atoms with Crippen molar-refractivity contribution in [3.8, 4) is 5.75 Å². The first-order chi connectivity index (χ1) is 12.2. The normalized spacial score (nSPS) is 23.7. The van der Waals surface area contributed by atoms with Crippen LogP contribution in [0, 0.1) is 11.3 Å². The molecular formula is C20H31Cl2N3O2. The Balaban J connectivity index is 0.00000131. The number of likely N-dealkylation sites (tertiary alicyclic amines) is 1. The van der Waals surface area contributed by atoms with E-state index < -0.39 is 0 Å². The van der Waals surface area contributed by atoms with Crippen LogP contribution in [0.25, 0.3) is 0 Å². The second kappa shape index (κ2) is 9.35. The lowest BCUT2D eigenvalue weighted by Gasteiger charge is -2.34. The van der Waals surface area contributed by atoms with Gasteiger partial charge in [0.1, 0.15) is 5.75 Å². The van der Waals surface area contributed by atoms with Gasteiger partial charge in [-0.15, -0.1) is 24.8 Å². The number of rotatable bonds is 4. The highest BCUT2D eigenvalue weighted by Crippen LogP contribution is 2.59. The summed E-state index contributed by atoms with van der Waals surface area (Å²) in [5, 5.41) is 7.00. The van der Waals surface area contributed by atoms with Crippen LogP contribution in [0.4, 0.5) is 5.69 Å². The number of methoxy groups -OCH3 is 1. The van der Waals surface area contributed by atoms with Crippen LogP contribution >= 0.6 is 24.8 Å². The number of halogens is 2. The molecule has 1 amide bonds. The molecular weight excluding hydrogens is 385 g/mol. The second-order valence-corrected chi connectivity index (χ2v) is 7.84. The lowest BCUT2D eigenvalue weighted by molar-refractivity contribution is -0.134. The number of hydrogen-bond acceptors (Lipinski definition) is 4. The third kappa shape index (κ3) is 4.82. The highest BCUT2D eigenvalue weighted by molar-refractivity contribution is 5.85. The number of benzene rings is 1. The summed E-state index contributed by atoms with van der Waals surface area (Å²) in [4.78, 5) is 15.0. The molecule has 1 spiro atoms. The Kier molecular flexibility index (Phi) is 7.66. The SMILES string of the molecule is COc1cccc(NC2CCN(C(=O)C3CC34CCNCC4)CC2)c1.Cl.Cl. The standard InChI is InChI=1S/C20H29N3O2.2ClH/c1-25-17-4-2-3-16(13-17)22-15-5-11-23(12-6-15)19(24)18-14-20(18)7-9-21-10-8-20;;/h2-4,13,15,18,21-22H,5-12,14H2,1H3;2*1H. The average Bonchev–Trinajstić information content (AvgIpc) is 3.35. The van der Waals surface area contributed by atoms with Crippen LogP contribution < -0.4 is 15.4 Å². The molecule has 1 aliphatic carbocycles. The Morgan fingerprint density at radius 2 is 1.93 bits per heavy atom. The van der Waals surface area contributed by atoms with Gasteiger partial charge in [0.25, 0.3) is 0 Å². The van der Waals surface area contributed by atoms with E-state index in [-0.39, 0.29) is 24.8 Å². The van der Waals surface area contributed by atoms with Crippen molar-refractivity contribution in [2.24, 2.45) is 11.3 Å². The predicted octanol–water partition coefficient (Wildman–Crippen LogP) is 3.33. The van der Waals surface area contributed by atoms with E-state index in [1.165, 1.54) is 12.8 Å². The number of carbonyl (C=O) groups excluding carboxylic acids is 1. The maximum Gasteiger partial charge on any atom is 0.226 e. The molecule has 0 bridgehead atoms. The van der Waals surface area contributed by atoms with Crippen molar-refractivity contribution in [1.29, 1.82) is 0 Å². The number of nitrogens with one attached hydrogen (secondary N) is 2. The van der Waals surface area contributed by atoms with Gasteiger partial charge in [-0.3, -0.25) is 4.79 Å². The van der Waals surface area contributed by atoms with Gasteiger partial charge in [0, 0.05) is 36.8 Å². The van der Waals surface area contributed by atoms with E-state index in [1.807, 2.05) is 18.2 Å². The molecule has 5 nitrogen and oxygen atoms in total. The van der Waals surface area contributed by atoms with Crippen molar-refractivity contribution in [3.63, 3.8) is 0 Å². The average molecular weight is 416 g/mol. The van der Waals surface area contributed by atoms with Gasteiger partial charge in [0.15, 0.2) is 0 Å². The number of amides is 1. The maximum atomic E-state index is 12.9. The van der Waals surface area contributed by atoms with Gasteiger partial charge in [-0.2, -0.15) is 0 Å². The Morgan fingerprint density at radius 1 is 1.22 bits per heavy atom. The Bertz CT molecular complexity index is 629. The summed E-state index contributed by atoms with van der Waals surface area (Å²) >= 11 is 0. The molecule has 1 aromatic carbocycles. The molecule has 7 heteroatoms. The highest BCUT2D eigenvalue weighted by atomic mass is 35.5. The smallest absolute Gasteiger partial charge is 0.226 e. The zero-order chi connectivity index (χ0) is 17.3. The number of ether oxygens (including phenoxy) is 1. The summed E-state index contributed by atoms with van der Waals surface area (Å²) in [7, 11) is 1.69. The molecule has 1 saturated carbocycles. The summed E-state index contributed by atoms with van der Waals surface area (Å²) in [6, 6.07) is 8.50. The molecule has 0 aromatic heterocycles. The van der Waals surface area contributed by atoms with Gasteiger partial charge in [0.2, 0.25) is 5.91 Å². The van der Waals surface area contributed by atoms with Crippen molar-refractivity contribution >= 4 is 36.4 Å². The van der Waals surface area contributed by atoms with E-state index in [2.05, 4.69) is 21.6 Å². The summed E-state index contributed by atoms with van der Waals surface area (Å²) < 4.78 is 5.28. The second-order valence-electron chi connectivity index (χ2n) is 7.84. The van der Waals surface area contributed by atoms with Crippen molar-refractivity contribution in [1.82, 2.24) is 10.2 Å². The van der Waals surface area contributed by atoms with E-state index in [9.17, 15) is 4.79 Å². The molecule has 2 aliphatic heterocycles. The molecule has 2 N–H and O–H groups in total. The number of piperidine rings is 2. The minimum Gasteiger partial charge on any atom is -0.497 e. The number of nitrogens with zero attached hydrogens (tertiary/aromatic N) is 1. The van der Waals surface area contributed by atoms with Gasteiger partial charge < -0.3 is 20.3 Å². The van der Waals surface area contributed by atoms with E-state index >= 15 is 0 Å². The van der Waals surface area contributed by atoms with Gasteiger partial charge in [-0.1, -0.05) is 6.07 Å². The molecule has 4 rings (SSSR count). The Labute approximate surface area is 174 Å². The largest absolute Gasteiger partial charge is 0.497 e. The molecule has 1 unspecified atom stereocenters. The minimum absolute atomic E-state index is 0. The molecule has 2 heterocycles. The molecule has 2 saturated heterocycles. The predicted molar refractivity (Wildman–Crippen MR) is 113 cm³/mol. The molecule has 3 aliphatic rings. The number of carbonyl (C=O) groups is 1. The quantitative estimate of drug-likeness (QED) is 0.791. The van der Waals surface area contributed by atoms with E-state index in [4.69, 9.17) is 4.74 Å². The van der Waals surface area contributed by atoms with Crippen molar-refractivity contribution in [2.75, 3.05) is 38.6 Å². The van der Waals surface area contributed by atoms with Crippen LogP contribution in [0.2, 0.25) is 0 Å². The van der Waals surface area contributed by atoms with Gasteiger partial charge in [0.05, 0.1) is 7.11 Å². The van der Waals surface area contributed by atoms with Gasteiger partial charge in [-0.05, 0) is 62.7 Å². The van der Waals surface area contributed by atoms with Crippen LogP contribution in [-0.2, 0) is 4.79 Å². The third-order valence-electron chi connectivity index (χ3n) is 6.33. The fraction of sp³-hybridized carbons (Fsp3) is 0.650. The van der Waals surface area contributed by atoms with Crippen LogP contribution in [0.3, 0.4) is 0 Å². The lowest BCUT2D eigenvalue weighted by atomic mass is 9.91. The molecule has 3 fully saturated rings. The van der Waals surface area contributed by atoms with Crippen molar-refractivity contribution < 1.29 is 9.53 Å². The van der Waals surface area contributed by atoms with Crippen LogP contribution in [0.1, 0.15) is 32.1 Å². The first-order valence-electron chi connectivity index (χ1n) is 9.60. The molecule has 1 atom stereocenters. The van der Waals surface area contributed by atoms with Gasteiger partial charge >= 0.3 is 0 Å². The number of anilines is 1. The number of hydrogen-bond donors (Lipinski definition) is 2. The first-order valence-corrected chi connectivity index (χ1v) is 9.60. The van der Waals surface area contributed by atoms with Crippen molar-refractivity contribution in [2.45, 2.75) is 38.1 Å². The minimum atomic E-state index is 0. The fourth-order valence-electron chi connectivity index (χ4n) is 4.59. The van der Waals surface area contributed by atoms with E-state index in [0.717, 1.165) is 56.9 Å². The zero-order valence-electron chi connectivity index (χ0n) is 15.9. The summed E-state index contributed by atoms with van der Waals surface area (Å²) in [6.07, 6.45) is 5.51. The monoisotopic (exact) mass is 415 g/mol. The van der Waals surface area contributed by atoms with Crippen LogP contribution in [-0.4, -0.2) is 50.1 Å². The Hall–Kier alpha value is -1.17. The van der Waals surface area contributed by atoms with Gasteiger partial charge in [-0.25, -0.2) is 0 Å². The topological polar surface area (TPSA) is 53.6 Å². The fourth-order valence-corrected chi connectivity index (χ4v) is 4.59. The van der Waals surface area contributed by atoms with E-state index in [1.54, 1.807) is 7.11 Å². The third-order valence-corrected chi connectivity index (χ3v) is 6.33. The highest BCUT2D eigenvalue weighted by Gasteiger charge is 2.58. The summed E-state index contributed by atoms with van der Waals surface area (Å²) in [5.74, 6) is 1.60. The first kappa shape index (κ1) is 22.1. The zero-order valence-corrected chi connectivity index (χ0v) is 17.5. The molecule has 27 heavy (non-hydrogen) atoms. The summed E-state index contributed by atoms with van der Waals surface area (Å²) in [5.41, 5.74) is 1.44. The molecule has 0 radical (unpaired) electrons. The molecule has 152 valence electrons. The molecule has 1 aromatic rings. The lowest BCUT2D eigenvalue weighted by Crippen LogP contribution is -2.44. The van der Waals surface area contributed by atoms with Crippen molar-refractivity contribution in [3.05, 3.63) is 24.3 Å². The summed E-state index contributed by atoms with van der Waals surface area (Å²) in [6.45, 7) is 3.92. The van der Waals surface area contributed by atoms with Crippen LogP contribution in [0.15, 0.2) is 24.3 Å².